The first-order valence-electron chi connectivity index (χ1n) is 7.36. The third-order valence-electron chi connectivity index (χ3n) is 3.96. The molecule has 1 heterocycles. The fourth-order valence-electron chi connectivity index (χ4n) is 2.33. The number of benzene rings is 1. The standard InChI is InChI=1S/C17H21N3O2/c1-3-17(22,4-2)13-9-7-12(8-10-13)15(18)20-16(21)14-6-5-11-19-14/h5-11,19,22H,3-4H2,1-2H3,(H2,18,20,21). The minimum Gasteiger partial charge on any atom is -0.385 e. The third kappa shape index (κ3) is 3.26. The zero-order valence-corrected chi connectivity index (χ0v) is 12.8. The number of hydrogen-bond donors (Lipinski definition) is 4. The highest BCUT2D eigenvalue weighted by Crippen LogP contribution is 2.28. The van der Waals surface area contributed by atoms with Crippen molar-refractivity contribution in [2.75, 3.05) is 0 Å². The molecule has 0 aliphatic rings. The van der Waals surface area contributed by atoms with E-state index in [9.17, 15) is 9.90 Å². The Labute approximate surface area is 129 Å². The number of rotatable bonds is 5. The lowest BCUT2D eigenvalue weighted by Gasteiger charge is -2.25. The summed E-state index contributed by atoms with van der Waals surface area (Å²) in [5.41, 5.74) is 0.990. The van der Waals surface area contributed by atoms with Gasteiger partial charge in [-0.1, -0.05) is 38.1 Å². The second-order valence-corrected chi connectivity index (χ2v) is 5.23. The van der Waals surface area contributed by atoms with Crippen molar-refractivity contribution in [2.45, 2.75) is 32.3 Å². The van der Waals surface area contributed by atoms with Gasteiger partial charge in [-0.3, -0.25) is 10.2 Å². The highest BCUT2D eigenvalue weighted by atomic mass is 16.3. The van der Waals surface area contributed by atoms with Crippen LogP contribution in [0.3, 0.4) is 0 Å². The summed E-state index contributed by atoms with van der Waals surface area (Å²) in [6, 6.07) is 10.5. The molecule has 5 heteroatoms. The Morgan fingerprint density at radius 2 is 1.86 bits per heavy atom. The minimum absolute atomic E-state index is 0.0303. The molecule has 0 saturated carbocycles. The van der Waals surface area contributed by atoms with Crippen molar-refractivity contribution < 1.29 is 9.90 Å². The predicted octanol–water partition coefficient (Wildman–Crippen LogP) is 2.78. The molecule has 5 nitrogen and oxygen atoms in total. The first-order chi connectivity index (χ1) is 10.5. The largest absolute Gasteiger partial charge is 0.385 e. The first-order valence-corrected chi connectivity index (χ1v) is 7.36. The van der Waals surface area contributed by atoms with Crippen LogP contribution in [0.15, 0.2) is 42.6 Å². The summed E-state index contributed by atoms with van der Waals surface area (Å²) in [5.74, 6) is -0.319. The molecule has 1 aromatic heterocycles. The molecule has 1 aromatic carbocycles. The van der Waals surface area contributed by atoms with E-state index >= 15 is 0 Å². The van der Waals surface area contributed by atoms with Gasteiger partial charge in [0.25, 0.3) is 5.91 Å². The lowest BCUT2D eigenvalue weighted by Crippen LogP contribution is -2.31. The van der Waals surface area contributed by atoms with Crippen molar-refractivity contribution in [2.24, 2.45) is 0 Å². The number of amides is 1. The van der Waals surface area contributed by atoms with Crippen LogP contribution in [0.5, 0.6) is 0 Å². The fraction of sp³-hybridized carbons (Fsp3) is 0.294. The highest BCUT2D eigenvalue weighted by Gasteiger charge is 2.24. The summed E-state index contributed by atoms with van der Waals surface area (Å²) >= 11 is 0. The fourth-order valence-corrected chi connectivity index (χ4v) is 2.33. The number of aromatic amines is 1. The molecule has 0 fully saturated rings. The summed E-state index contributed by atoms with van der Waals surface area (Å²) in [4.78, 5) is 14.7. The maximum atomic E-state index is 11.9. The van der Waals surface area contributed by atoms with Crippen LogP contribution in [0.1, 0.15) is 48.3 Å². The Morgan fingerprint density at radius 3 is 2.36 bits per heavy atom. The molecule has 1 amide bonds. The van der Waals surface area contributed by atoms with E-state index in [-0.39, 0.29) is 11.7 Å². The van der Waals surface area contributed by atoms with Crippen LogP contribution in [-0.4, -0.2) is 21.8 Å². The number of aromatic nitrogens is 1. The van der Waals surface area contributed by atoms with Gasteiger partial charge >= 0.3 is 0 Å². The molecule has 0 unspecified atom stereocenters. The van der Waals surface area contributed by atoms with Crippen molar-refractivity contribution >= 4 is 11.7 Å². The SMILES string of the molecule is CCC(O)(CC)c1ccc(C(=N)NC(=O)c2ccc[nH]2)cc1. The summed E-state index contributed by atoms with van der Waals surface area (Å²) < 4.78 is 0. The van der Waals surface area contributed by atoms with Gasteiger partial charge in [0, 0.05) is 11.8 Å². The second kappa shape index (κ2) is 6.58. The molecule has 2 rings (SSSR count). The summed E-state index contributed by atoms with van der Waals surface area (Å²) in [6.07, 6.45) is 2.91. The Kier molecular flexibility index (Phi) is 4.78. The van der Waals surface area contributed by atoms with E-state index in [0.29, 0.717) is 24.1 Å². The van der Waals surface area contributed by atoms with Gasteiger partial charge in [-0.15, -0.1) is 0 Å². The summed E-state index contributed by atoms with van der Waals surface area (Å²) in [5, 5.41) is 21.0. The van der Waals surface area contributed by atoms with Gasteiger partial charge in [0.2, 0.25) is 0 Å². The number of hydrogen-bond acceptors (Lipinski definition) is 3. The molecular weight excluding hydrogens is 278 g/mol. The third-order valence-corrected chi connectivity index (χ3v) is 3.96. The number of carbonyl (C=O) groups excluding carboxylic acids is 1. The molecular formula is C17H21N3O2. The second-order valence-electron chi connectivity index (χ2n) is 5.23. The van der Waals surface area contributed by atoms with Crippen LogP contribution in [0.4, 0.5) is 0 Å². The smallest absolute Gasteiger partial charge is 0.273 e. The van der Waals surface area contributed by atoms with Crippen LogP contribution in [-0.2, 0) is 5.60 Å². The lowest BCUT2D eigenvalue weighted by molar-refractivity contribution is 0.0284. The van der Waals surface area contributed by atoms with Crippen molar-refractivity contribution in [1.29, 1.82) is 5.41 Å². The molecule has 0 atom stereocenters. The average molecular weight is 299 g/mol. The molecule has 0 saturated heterocycles. The normalized spacial score (nSPS) is 11.2. The molecule has 22 heavy (non-hydrogen) atoms. The van der Waals surface area contributed by atoms with E-state index in [1.54, 1.807) is 42.6 Å². The van der Waals surface area contributed by atoms with Gasteiger partial charge in [-0.2, -0.15) is 0 Å². The van der Waals surface area contributed by atoms with E-state index in [1.165, 1.54) is 0 Å². The van der Waals surface area contributed by atoms with E-state index in [1.807, 2.05) is 13.8 Å². The quantitative estimate of drug-likeness (QED) is 0.505. The van der Waals surface area contributed by atoms with Gasteiger partial charge in [-0.25, -0.2) is 0 Å². The maximum absolute atomic E-state index is 11.9. The van der Waals surface area contributed by atoms with Gasteiger partial charge in [-0.05, 0) is 30.5 Å². The summed E-state index contributed by atoms with van der Waals surface area (Å²) in [6.45, 7) is 3.88. The first kappa shape index (κ1) is 16.0. The summed E-state index contributed by atoms with van der Waals surface area (Å²) in [7, 11) is 0. The molecule has 2 aromatic rings. The number of nitrogens with one attached hydrogen (secondary N) is 3. The van der Waals surface area contributed by atoms with Crippen molar-refractivity contribution in [3.63, 3.8) is 0 Å². The molecule has 0 bridgehead atoms. The number of aliphatic hydroxyl groups is 1. The van der Waals surface area contributed by atoms with Crippen molar-refractivity contribution in [3.8, 4) is 0 Å². The van der Waals surface area contributed by atoms with E-state index in [0.717, 1.165) is 5.56 Å². The molecule has 0 radical (unpaired) electrons. The van der Waals surface area contributed by atoms with Gasteiger partial charge < -0.3 is 15.4 Å². The van der Waals surface area contributed by atoms with Gasteiger partial charge in [0.05, 0.1) is 5.60 Å². The van der Waals surface area contributed by atoms with Gasteiger partial charge in [0.1, 0.15) is 11.5 Å². The van der Waals surface area contributed by atoms with Gasteiger partial charge in [0.15, 0.2) is 0 Å². The van der Waals surface area contributed by atoms with E-state index < -0.39 is 5.60 Å². The molecule has 116 valence electrons. The Morgan fingerprint density at radius 1 is 1.23 bits per heavy atom. The topological polar surface area (TPSA) is 89.0 Å². The minimum atomic E-state index is -0.839. The predicted molar refractivity (Wildman–Crippen MR) is 86.0 cm³/mol. The molecule has 0 aliphatic carbocycles. The number of H-pyrrole nitrogens is 1. The average Bonchev–Trinajstić information content (AvgIpc) is 3.08. The van der Waals surface area contributed by atoms with Crippen LogP contribution in [0.25, 0.3) is 0 Å². The number of amidine groups is 1. The number of carbonyl (C=O) groups is 1. The van der Waals surface area contributed by atoms with Crippen molar-refractivity contribution in [1.82, 2.24) is 10.3 Å². The van der Waals surface area contributed by atoms with E-state index in [2.05, 4.69) is 10.3 Å². The Bertz CT molecular complexity index is 641. The Hall–Kier alpha value is -2.40. The van der Waals surface area contributed by atoms with Crippen LogP contribution < -0.4 is 5.32 Å². The van der Waals surface area contributed by atoms with Crippen LogP contribution in [0, 0.1) is 5.41 Å². The van der Waals surface area contributed by atoms with E-state index in [4.69, 9.17) is 5.41 Å². The maximum Gasteiger partial charge on any atom is 0.273 e. The zero-order valence-electron chi connectivity index (χ0n) is 12.8. The molecule has 0 aliphatic heterocycles. The Balaban J connectivity index is 2.10. The monoisotopic (exact) mass is 299 g/mol. The zero-order chi connectivity index (χ0) is 16.2. The van der Waals surface area contributed by atoms with Crippen LogP contribution in [0.2, 0.25) is 0 Å². The van der Waals surface area contributed by atoms with Crippen molar-refractivity contribution in [3.05, 3.63) is 59.4 Å². The highest BCUT2D eigenvalue weighted by molar-refractivity contribution is 6.10. The molecule has 0 spiro atoms. The lowest BCUT2D eigenvalue weighted by atomic mass is 9.88. The van der Waals surface area contributed by atoms with Crippen LogP contribution >= 0.6 is 0 Å². The molecule has 4 N–H and O–H groups in total.